The lowest BCUT2D eigenvalue weighted by Crippen LogP contribution is -2.35. The summed E-state index contributed by atoms with van der Waals surface area (Å²) < 4.78 is 35.0. The van der Waals surface area contributed by atoms with Gasteiger partial charge in [-0.05, 0) is 49.7 Å². The molecule has 6 heteroatoms. The van der Waals surface area contributed by atoms with Crippen LogP contribution < -0.4 is 0 Å². The number of aromatic nitrogens is 1. The summed E-state index contributed by atoms with van der Waals surface area (Å²) >= 11 is 1.51. The SMILES string of the molecule is CN1CCC(OC(c2cc(F)cc(F)c2)c2nc3ccccc3s2)CC1. The van der Waals surface area contributed by atoms with Gasteiger partial charge in [-0.25, -0.2) is 13.8 Å². The molecular weight excluding hydrogens is 354 g/mol. The molecule has 4 rings (SSSR count). The van der Waals surface area contributed by atoms with Crippen molar-refractivity contribution in [2.45, 2.75) is 25.0 Å². The third-order valence-electron chi connectivity index (χ3n) is 4.72. The monoisotopic (exact) mass is 374 g/mol. The highest BCUT2D eigenvalue weighted by Gasteiger charge is 2.26. The van der Waals surface area contributed by atoms with Gasteiger partial charge in [0, 0.05) is 19.2 Å². The summed E-state index contributed by atoms with van der Waals surface area (Å²) in [6.07, 6.45) is 1.28. The zero-order chi connectivity index (χ0) is 18.1. The summed E-state index contributed by atoms with van der Waals surface area (Å²) in [6.45, 7) is 1.91. The van der Waals surface area contributed by atoms with E-state index in [1.54, 1.807) is 0 Å². The van der Waals surface area contributed by atoms with Crippen molar-refractivity contribution in [1.82, 2.24) is 9.88 Å². The Morgan fingerprint density at radius 3 is 2.50 bits per heavy atom. The highest BCUT2D eigenvalue weighted by atomic mass is 32.1. The van der Waals surface area contributed by atoms with Crippen LogP contribution in [0.1, 0.15) is 29.5 Å². The Balaban J connectivity index is 1.70. The zero-order valence-corrected chi connectivity index (χ0v) is 15.3. The molecule has 1 fully saturated rings. The van der Waals surface area contributed by atoms with Crippen LogP contribution in [0, 0.1) is 11.6 Å². The average Bonchev–Trinajstić information content (AvgIpc) is 3.04. The van der Waals surface area contributed by atoms with Gasteiger partial charge in [-0.3, -0.25) is 0 Å². The minimum absolute atomic E-state index is 0.0505. The minimum atomic E-state index is -0.599. The van der Waals surface area contributed by atoms with Gasteiger partial charge in [0.1, 0.15) is 22.7 Å². The first kappa shape index (κ1) is 17.5. The highest BCUT2D eigenvalue weighted by molar-refractivity contribution is 7.18. The van der Waals surface area contributed by atoms with E-state index in [9.17, 15) is 8.78 Å². The molecule has 1 aliphatic heterocycles. The smallest absolute Gasteiger partial charge is 0.135 e. The van der Waals surface area contributed by atoms with Crippen molar-refractivity contribution in [2.24, 2.45) is 0 Å². The Hall–Kier alpha value is -1.89. The molecule has 136 valence electrons. The lowest BCUT2D eigenvalue weighted by molar-refractivity contribution is -0.0236. The van der Waals surface area contributed by atoms with Crippen molar-refractivity contribution in [1.29, 1.82) is 0 Å². The van der Waals surface area contributed by atoms with Gasteiger partial charge in [0.15, 0.2) is 0 Å². The molecule has 2 aromatic carbocycles. The molecule has 1 aliphatic rings. The summed E-state index contributed by atoms with van der Waals surface area (Å²) in [5.41, 5.74) is 1.35. The molecule has 3 nitrogen and oxygen atoms in total. The predicted octanol–water partition coefficient (Wildman–Crippen LogP) is 4.77. The highest BCUT2D eigenvalue weighted by Crippen LogP contribution is 2.35. The second-order valence-electron chi connectivity index (χ2n) is 6.74. The largest absolute Gasteiger partial charge is 0.363 e. The second kappa shape index (κ2) is 7.39. The van der Waals surface area contributed by atoms with E-state index in [1.807, 2.05) is 24.3 Å². The Bertz CT molecular complexity index is 852. The Morgan fingerprint density at radius 2 is 1.81 bits per heavy atom. The first-order valence-corrected chi connectivity index (χ1v) is 9.55. The maximum absolute atomic E-state index is 13.8. The molecule has 0 amide bonds. The van der Waals surface area contributed by atoms with Crippen molar-refractivity contribution in [3.05, 3.63) is 64.7 Å². The van der Waals surface area contributed by atoms with Gasteiger partial charge in [-0.15, -0.1) is 11.3 Å². The topological polar surface area (TPSA) is 25.4 Å². The molecule has 1 aromatic heterocycles. The van der Waals surface area contributed by atoms with Crippen molar-refractivity contribution < 1.29 is 13.5 Å². The second-order valence-corrected chi connectivity index (χ2v) is 7.80. The van der Waals surface area contributed by atoms with Crippen molar-refractivity contribution >= 4 is 21.6 Å². The summed E-state index contributed by atoms with van der Waals surface area (Å²) in [5.74, 6) is -1.20. The summed E-state index contributed by atoms with van der Waals surface area (Å²) in [7, 11) is 2.09. The predicted molar refractivity (Wildman–Crippen MR) is 99.4 cm³/mol. The van der Waals surface area contributed by atoms with Gasteiger partial charge in [-0.1, -0.05) is 12.1 Å². The molecule has 1 unspecified atom stereocenters. The number of halogens is 2. The number of rotatable bonds is 4. The zero-order valence-electron chi connectivity index (χ0n) is 14.5. The van der Waals surface area contributed by atoms with Gasteiger partial charge in [0.25, 0.3) is 0 Å². The summed E-state index contributed by atoms with van der Waals surface area (Å²) in [6, 6.07) is 11.4. The summed E-state index contributed by atoms with van der Waals surface area (Å²) in [5, 5.41) is 0.732. The van der Waals surface area contributed by atoms with Gasteiger partial charge in [0.2, 0.25) is 0 Å². The number of hydrogen-bond donors (Lipinski definition) is 0. The normalized spacial score (nSPS) is 17.7. The standard InChI is InChI=1S/C20H20F2N2OS/c1-24-8-6-16(7-9-24)25-19(13-10-14(21)12-15(22)11-13)20-23-17-4-2-3-5-18(17)26-20/h2-5,10-12,16,19H,6-9H2,1H3. The number of likely N-dealkylation sites (tertiary alicyclic amines) is 1. The molecular formula is C20H20F2N2OS. The molecule has 0 radical (unpaired) electrons. The van der Waals surface area contributed by atoms with Crippen LogP contribution in [0.15, 0.2) is 42.5 Å². The van der Waals surface area contributed by atoms with Gasteiger partial charge < -0.3 is 9.64 Å². The fourth-order valence-electron chi connectivity index (χ4n) is 3.32. The number of fused-ring (bicyclic) bond motifs is 1. The van der Waals surface area contributed by atoms with Crippen molar-refractivity contribution in [2.75, 3.05) is 20.1 Å². The molecule has 1 saturated heterocycles. The lowest BCUT2D eigenvalue weighted by Gasteiger charge is -2.31. The fourth-order valence-corrected chi connectivity index (χ4v) is 4.35. The van der Waals surface area contributed by atoms with Crippen LogP contribution in [-0.4, -0.2) is 36.1 Å². The quantitative estimate of drug-likeness (QED) is 0.657. The molecule has 0 saturated carbocycles. The number of piperidine rings is 1. The van der Waals surface area contributed by atoms with Gasteiger partial charge in [0.05, 0.1) is 16.3 Å². The van der Waals surface area contributed by atoms with Crippen LogP contribution in [0.5, 0.6) is 0 Å². The van der Waals surface area contributed by atoms with E-state index >= 15 is 0 Å². The van der Waals surface area contributed by atoms with Crippen molar-refractivity contribution in [3.63, 3.8) is 0 Å². The Kier molecular flexibility index (Phi) is 4.98. The number of ether oxygens (including phenoxy) is 1. The molecule has 1 atom stereocenters. The van der Waals surface area contributed by atoms with Crippen LogP contribution in [-0.2, 0) is 4.74 Å². The molecule has 3 aromatic rings. The average molecular weight is 374 g/mol. The van der Waals surface area contributed by atoms with Crippen LogP contribution in [0.3, 0.4) is 0 Å². The molecule has 0 bridgehead atoms. The van der Waals surface area contributed by atoms with E-state index in [-0.39, 0.29) is 6.10 Å². The first-order valence-electron chi connectivity index (χ1n) is 8.74. The third-order valence-corrected chi connectivity index (χ3v) is 5.80. The van der Waals surface area contributed by atoms with E-state index in [0.717, 1.165) is 47.2 Å². The van der Waals surface area contributed by atoms with E-state index < -0.39 is 17.7 Å². The van der Waals surface area contributed by atoms with Crippen LogP contribution in [0.25, 0.3) is 10.2 Å². The Morgan fingerprint density at radius 1 is 1.12 bits per heavy atom. The van der Waals surface area contributed by atoms with E-state index in [2.05, 4.69) is 16.9 Å². The molecule has 26 heavy (non-hydrogen) atoms. The minimum Gasteiger partial charge on any atom is -0.363 e. The van der Waals surface area contributed by atoms with Crippen molar-refractivity contribution in [3.8, 4) is 0 Å². The van der Waals surface area contributed by atoms with E-state index in [0.29, 0.717) is 5.56 Å². The maximum atomic E-state index is 13.8. The number of hydrogen-bond acceptors (Lipinski definition) is 4. The third kappa shape index (κ3) is 3.77. The van der Waals surface area contributed by atoms with E-state index in [1.165, 1.54) is 23.5 Å². The summed E-state index contributed by atoms with van der Waals surface area (Å²) in [4.78, 5) is 6.93. The van der Waals surface area contributed by atoms with E-state index in [4.69, 9.17) is 4.74 Å². The Labute approximate surface area is 155 Å². The van der Waals surface area contributed by atoms with Crippen LogP contribution >= 0.6 is 11.3 Å². The van der Waals surface area contributed by atoms with Gasteiger partial charge in [-0.2, -0.15) is 0 Å². The number of thiazole rings is 1. The van der Waals surface area contributed by atoms with Crippen LogP contribution in [0.4, 0.5) is 8.78 Å². The number of benzene rings is 2. The fraction of sp³-hybridized carbons (Fsp3) is 0.350. The number of para-hydroxylation sites is 1. The first-order chi connectivity index (χ1) is 12.6. The van der Waals surface area contributed by atoms with Crippen LogP contribution in [0.2, 0.25) is 0 Å². The molecule has 0 spiro atoms. The molecule has 0 aliphatic carbocycles. The van der Waals surface area contributed by atoms with Gasteiger partial charge >= 0.3 is 0 Å². The maximum Gasteiger partial charge on any atom is 0.135 e. The number of nitrogens with zero attached hydrogens (tertiary/aromatic N) is 2. The molecule has 0 N–H and O–H groups in total. The lowest BCUT2D eigenvalue weighted by atomic mass is 10.1. The molecule has 2 heterocycles.